The fourth-order valence-corrected chi connectivity index (χ4v) is 2.62. The number of thiophene rings is 1. The number of hydrogen-bond acceptors (Lipinski definition) is 4. The smallest absolute Gasteiger partial charge is 0.269 e. The lowest BCUT2D eigenvalue weighted by atomic mass is 10.2. The number of thiocarbonyl (C=S) groups is 1. The number of methoxy groups -OCH3 is 1. The molecule has 0 aliphatic heterocycles. The second-order valence-corrected chi connectivity index (χ2v) is 5.59. The number of halogens is 1. The van der Waals surface area contributed by atoms with Crippen molar-refractivity contribution in [2.45, 2.75) is 0 Å². The standard InChI is InChI=1S/C13H11ClN2O2S2/c1-18-10-4-5-20-11(10)13(17)16-9-6-7(12(15)19)2-3-8(9)14/h2-6H,1H3,(H2,15,19)(H,16,17). The highest BCUT2D eigenvalue weighted by Crippen LogP contribution is 2.28. The Balaban J connectivity index is 2.28. The van der Waals surface area contributed by atoms with E-state index in [1.165, 1.54) is 18.4 Å². The van der Waals surface area contributed by atoms with E-state index >= 15 is 0 Å². The Morgan fingerprint density at radius 3 is 2.85 bits per heavy atom. The number of nitrogens with one attached hydrogen (secondary N) is 1. The number of carbonyl (C=O) groups is 1. The van der Waals surface area contributed by atoms with Crippen molar-refractivity contribution < 1.29 is 9.53 Å². The van der Waals surface area contributed by atoms with Gasteiger partial charge in [0.2, 0.25) is 0 Å². The summed E-state index contributed by atoms with van der Waals surface area (Å²) in [6.07, 6.45) is 0. The zero-order chi connectivity index (χ0) is 14.7. The average molecular weight is 327 g/mol. The van der Waals surface area contributed by atoms with E-state index in [-0.39, 0.29) is 10.9 Å². The highest BCUT2D eigenvalue weighted by molar-refractivity contribution is 7.80. The van der Waals surface area contributed by atoms with Gasteiger partial charge >= 0.3 is 0 Å². The molecule has 20 heavy (non-hydrogen) atoms. The van der Waals surface area contributed by atoms with E-state index in [2.05, 4.69) is 5.32 Å². The number of ether oxygens (including phenoxy) is 1. The van der Waals surface area contributed by atoms with Crippen LogP contribution in [0.25, 0.3) is 0 Å². The van der Waals surface area contributed by atoms with E-state index in [9.17, 15) is 4.79 Å². The van der Waals surface area contributed by atoms with Gasteiger partial charge in [-0.1, -0.05) is 29.9 Å². The van der Waals surface area contributed by atoms with Crippen molar-refractivity contribution in [2.24, 2.45) is 5.73 Å². The maximum atomic E-state index is 12.2. The first-order valence-electron chi connectivity index (χ1n) is 5.55. The topological polar surface area (TPSA) is 64.3 Å². The van der Waals surface area contributed by atoms with Gasteiger partial charge in [0, 0.05) is 5.56 Å². The number of nitrogens with two attached hydrogens (primary N) is 1. The molecule has 1 heterocycles. The van der Waals surface area contributed by atoms with Crippen LogP contribution in [0.4, 0.5) is 5.69 Å². The summed E-state index contributed by atoms with van der Waals surface area (Å²) in [5.74, 6) is 0.230. The van der Waals surface area contributed by atoms with Crippen molar-refractivity contribution in [1.82, 2.24) is 0 Å². The number of carbonyl (C=O) groups excluding carboxylic acids is 1. The predicted octanol–water partition coefficient (Wildman–Crippen LogP) is 3.30. The molecule has 104 valence electrons. The van der Waals surface area contributed by atoms with Crippen LogP contribution in [0.1, 0.15) is 15.2 Å². The Bertz CT molecular complexity index is 670. The summed E-state index contributed by atoms with van der Waals surface area (Å²) >= 11 is 12.2. The van der Waals surface area contributed by atoms with Crippen LogP contribution in [0.5, 0.6) is 5.75 Å². The molecule has 4 nitrogen and oxygen atoms in total. The van der Waals surface area contributed by atoms with Gasteiger partial charge in [0.05, 0.1) is 17.8 Å². The van der Waals surface area contributed by atoms with E-state index in [1.54, 1.807) is 29.6 Å². The molecule has 0 atom stereocenters. The molecule has 0 spiro atoms. The lowest BCUT2D eigenvalue weighted by molar-refractivity contribution is 0.102. The van der Waals surface area contributed by atoms with Gasteiger partial charge < -0.3 is 15.8 Å². The van der Waals surface area contributed by atoms with Gasteiger partial charge in [-0.2, -0.15) is 0 Å². The van der Waals surface area contributed by atoms with Crippen molar-refractivity contribution in [3.63, 3.8) is 0 Å². The first-order chi connectivity index (χ1) is 9.52. The monoisotopic (exact) mass is 326 g/mol. The van der Waals surface area contributed by atoms with E-state index in [0.29, 0.717) is 26.9 Å². The SMILES string of the molecule is COc1ccsc1C(=O)Nc1cc(C(N)=S)ccc1Cl. The maximum absolute atomic E-state index is 12.2. The van der Waals surface area contributed by atoms with Crippen LogP contribution in [0.3, 0.4) is 0 Å². The molecule has 0 radical (unpaired) electrons. The third-order valence-electron chi connectivity index (χ3n) is 2.55. The third kappa shape index (κ3) is 3.09. The summed E-state index contributed by atoms with van der Waals surface area (Å²) in [6.45, 7) is 0. The molecule has 0 aliphatic carbocycles. The summed E-state index contributed by atoms with van der Waals surface area (Å²) in [4.78, 5) is 12.9. The summed E-state index contributed by atoms with van der Waals surface area (Å²) < 4.78 is 5.11. The van der Waals surface area contributed by atoms with Crippen molar-refractivity contribution in [1.29, 1.82) is 0 Å². The van der Waals surface area contributed by atoms with E-state index in [4.69, 9.17) is 34.3 Å². The number of anilines is 1. The van der Waals surface area contributed by atoms with Gasteiger partial charge in [0.15, 0.2) is 0 Å². The van der Waals surface area contributed by atoms with Gasteiger partial charge in [-0.3, -0.25) is 4.79 Å². The van der Waals surface area contributed by atoms with E-state index in [0.717, 1.165) is 0 Å². The fraction of sp³-hybridized carbons (Fsp3) is 0.0769. The summed E-state index contributed by atoms with van der Waals surface area (Å²) in [7, 11) is 1.51. The Labute approximate surface area is 130 Å². The third-order valence-corrected chi connectivity index (χ3v) is 4.01. The van der Waals surface area contributed by atoms with E-state index < -0.39 is 0 Å². The highest BCUT2D eigenvalue weighted by atomic mass is 35.5. The zero-order valence-corrected chi connectivity index (χ0v) is 12.9. The summed E-state index contributed by atoms with van der Waals surface area (Å²) in [6, 6.07) is 6.71. The van der Waals surface area contributed by atoms with E-state index in [1.807, 2.05) is 0 Å². The van der Waals surface area contributed by atoms with Gasteiger partial charge in [-0.15, -0.1) is 11.3 Å². The summed E-state index contributed by atoms with van der Waals surface area (Å²) in [5, 5.41) is 4.92. The van der Waals surface area contributed by atoms with Gasteiger partial charge in [0.1, 0.15) is 15.6 Å². The second kappa shape index (κ2) is 6.21. The summed E-state index contributed by atoms with van der Waals surface area (Å²) in [5.41, 5.74) is 6.65. The molecule has 0 saturated carbocycles. The van der Waals surface area contributed by atoms with Crippen LogP contribution in [0.15, 0.2) is 29.6 Å². The average Bonchev–Trinajstić information content (AvgIpc) is 2.89. The second-order valence-electron chi connectivity index (χ2n) is 3.83. The quantitative estimate of drug-likeness (QED) is 0.846. The first-order valence-corrected chi connectivity index (χ1v) is 7.21. The van der Waals surface area contributed by atoms with Gasteiger partial charge in [0.25, 0.3) is 5.91 Å². The van der Waals surface area contributed by atoms with Crippen molar-refractivity contribution >= 4 is 51.7 Å². The molecule has 1 aromatic heterocycles. The number of amides is 1. The Hall–Kier alpha value is -1.63. The molecular weight excluding hydrogens is 316 g/mol. The molecule has 0 unspecified atom stereocenters. The molecule has 1 amide bonds. The Morgan fingerprint density at radius 1 is 1.45 bits per heavy atom. The lowest BCUT2D eigenvalue weighted by Crippen LogP contribution is -2.14. The minimum atomic E-state index is -0.293. The molecule has 1 aromatic carbocycles. The molecular formula is C13H11ClN2O2S2. The Morgan fingerprint density at radius 2 is 2.20 bits per heavy atom. The molecule has 2 rings (SSSR count). The lowest BCUT2D eigenvalue weighted by Gasteiger charge is -2.09. The van der Waals surface area contributed by atoms with Gasteiger partial charge in [-0.05, 0) is 23.6 Å². The largest absolute Gasteiger partial charge is 0.495 e. The highest BCUT2D eigenvalue weighted by Gasteiger charge is 2.15. The molecule has 2 aromatic rings. The predicted molar refractivity (Wildman–Crippen MR) is 86.2 cm³/mol. The van der Waals surface area contributed by atoms with Crippen molar-refractivity contribution in [2.75, 3.05) is 12.4 Å². The molecule has 0 fully saturated rings. The van der Waals surface area contributed by atoms with Gasteiger partial charge in [-0.25, -0.2) is 0 Å². The minimum absolute atomic E-state index is 0.242. The van der Waals surface area contributed by atoms with Crippen molar-refractivity contribution in [3.05, 3.63) is 45.1 Å². The molecule has 0 bridgehead atoms. The van der Waals surface area contributed by atoms with Crippen LogP contribution in [-0.2, 0) is 0 Å². The molecule has 3 N–H and O–H groups in total. The van der Waals surface area contributed by atoms with Crippen LogP contribution in [0, 0.1) is 0 Å². The Kier molecular flexibility index (Phi) is 4.59. The minimum Gasteiger partial charge on any atom is -0.495 e. The zero-order valence-electron chi connectivity index (χ0n) is 10.5. The first kappa shape index (κ1) is 14.8. The maximum Gasteiger partial charge on any atom is 0.269 e. The van der Waals surface area contributed by atoms with Crippen LogP contribution >= 0.6 is 35.2 Å². The van der Waals surface area contributed by atoms with Crippen LogP contribution in [0.2, 0.25) is 5.02 Å². The van der Waals surface area contributed by atoms with Crippen LogP contribution < -0.4 is 15.8 Å². The molecule has 7 heteroatoms. The molecule has 0 saturated heterocycles. The normalized spacial score (nSPS) is 10.1. The number of rotatable bonds is 4. The number of benzene rings is 1. The van der Waals surface area contributed by atoms with Crippen LogP contribution in [-0.4, -0.2) is 18.0 Å². The number of hydrogen-bond donors (Lipinski definition) is 2. The molecule has 0 aliphatic rings. The van der Waals surface area contributed by atoms with Crippen molar-refractivity contribution in [3.8, 4) is 5.75 Å². The fourth-order valence-electron chi connectivity index (χ4n) is 1.58.